The Kier molecular flexibility index (Phi) is 4.56. The highest BCUT2D eigenvalue weighted by atomic mass is 19.1. The van der Waals surface area contributed by atoms with E-state index in [4.69, 9.17) is 0 Å². The monoisotopic (exact) mass is 270 g/mol. The number of halogens is 1. The predicted octanol–water partition coefficient (Wildman–Crippen LogP) is 3.32. The molecule has 19 heavy (non-hydrogen) atoms. The number of alkyl halides is 1. The van der Waals surface area contributed by atoms with Crippen molar-refractivity contribution in [3.63, 3.8) is 0 Å². The first-order valence-electron chi connectivity index (χ1n) is 8.04. The Morgan fingerprint density at radius 3 is 2.21 bits per heavy atom. The van der Waals surface area contributed by atoms with Crippen LogP contribution in [0.15, 0.2) is 0 Å². The van der Waals surface area contributed by atoms with Gasteiger partial charge in [-0.1, -0.05) is 13.3 Å². The first-order valence-corrected chi connectivity index (χ1v) is 8.04. The van der Waals surface area contributed by atoms with Crippen LogP contribution in [0.2, 0.25) is 0 Å². The second kappa shape index (κ2) is 5.69. The van der Waals surface area contributed by atoms with E-state index in [9.17, 15) is 0 Å². The summed E-state index contributed by atoms with van der Waals surface area (Å²) in [5.74, 6) is 0. The molecule has 2 rings (SSSR count). The molecule has 2 heterocycles. The van der Waals surface area contributed by atoms with Gasteiger partial charge in [-0.3, -0.25) is 4.90 Å². The average molecular weight is 270 g/mol. The Morgan fingerprint density at radius 1 is 1.11 bits per heavy atom. The van der Waals surface area contributed by atoms with E-state index in [2.05, 4.69) is 37.6 Å². The Hall–Kier alpha value is -0.150. The molecule has 3 heteroatoms. The number of hydrogen-bond donors (Lipinski definition) is 0. The molecule has 0 N–H and O–H groups in total. The highest BCUT2D eigenvalue weighted by Crippen LogP contribution is 2.52. The van der Waals surface area contributed by atoms with Crippen LogP contribution in [0.4, 0.5) is 4.39 Å². The molecule has 2 aliphatic rings. The zero-order valence-electron chi connectivity index (χ0n) is 13.2. The van der Waals surface area contributed by atoms with Gasteiger partial charge in [0, 0.05) is 18.0 Å². The fraction of sp³-hybridized carbons (Fsp3) is 1.00. The topological polar surface area (TPSA) is 6.48 Å². The van der Waals surface area contributed by atoms with Gasteiger partial charge in [0.15, 0.2) is 0 Å². The molecular formula is C16H31FN2. The summed E-state index contributed by atoms with van der Waals surface area (Å²) in [6, 6.07) is 0.468. The van der Waals surface area contributed by atoms with E-state index in [1.165, 1.54) is 0 Å². The molecule has 0 aromatic heterocycles. The van der Waals surface area contributed by atoms with E-state index >= 15 is 4.39 Å². The van der Waals surface area contributed by atoms with Crippen molar-refractivity contribution in [1.29, 1.82) is 0 Å². The quantitative estimate of drug-likeness (QED) is 0.776. The SMILES string of the molecule is CCCC1(F)CN(C(C)C)CCC12CCN(C)CC2. The van der Waals surface area contributed by atoms with Crippen LogP contribution in [0.1, 0.15) is 52.9 Å². The Bertz CT molecular complexity index is 297. The highest BCUT2D eigenvalue weighted by Gasteiger charge is 2.55. The lowest BCUT2D eigenvalue weighted by Crippen LogP contribution is -2.61. The van der Waals surface area contributed by atoms with E-state index in [0.29, 0.717) is 12.6 Å². The van der Waals surface area contributed by atoms with Gasteiger partial charge in [0.2, 0.25) is 0 Å². The molecule has 1 spiro atoms. The zero-order valence-corrected chi connectivity index (χ0v) is 13.2. The molecule has 0 amide bonds. The predicted molar refractivity (Wildman–Crippen MR) is 79.2 cm³/mol. The lowest BCUT2D eigenvalue weighted by Gasteiger charge is -2.55. The maximum absolute atomic E-state index is 15.8. The summed E-state index contributed by atoms with van der Waals surface area (Å²) in [7, 11) is 2.16. The Morgan fingerprint density at radius 2 is 1.68 bits per heavy atom. The van der Waals surface area contributed by atoms with Crippen LogP contribution in [-0.4, -0.2) is 54.7 Å². The van der Waals surface area contributed by atoms with Crippen LogP contribution in [0.25, 0.3) is 0 Å². The summed E-state index contributed by atoms with van der Waals surface area (Å²) in [6.45, 7) is 10.4. The average Bonchev–Trinajstić information content (AvgIpc) is 2.36. The van der Waals surface area contributed by atoms with Crippen molar-refractivity contribution in [2.75, 3.05) is 33.2 Å². The summed E-state index contributed by atoms with van der Waals surface area (Å²) in [4.78, 5) is 4.70. The molecule has 0 aliphatic carbocycles. The molecule has 0 radical (unpaired) electrons. The van der Waals surface area contributed by atoms with Gasteiger partial charge >= 0.3 is 0 Å². The van der Waals surface area contributed by atoms with Gasteiger partial charge in [0.1, 0.15) is 5.67 Å². The molecule has 2 fully saturated rings. The van der Waals surface area contributed by atoms with Crippen LogP contribution < -0.4 is 0 Å². The highest BCUT2D eigenvalue weighted by molar-refractivity contribution is 5.06. The summed E-state index contributed by atoms with van der Waals surface area (Å²) >= 11 is 0. The summed E-state index contributed by atoms with van der Waals surface area (Å²) < 4.78 is 15.8. The van der Waals surface area contributed by atoms with Crippen molar-refractivity contribution in [2.45, 2.75) is 64.6 Å². The van der Waals surface area contributed by atoms with Gasteiger partial charge in [-0.15, -0.1) is 0 Å². The molecule has 2 aliphatic heterocycles. The van der Waals surface area contributed by atoms with Crippen LogP contribution >= 0.6 is 0 Å². The molecule has 112 valence electrons. The third-order valence-electron chi connectivity index (χ3n) is 5.60. The van der Waals surface area contributed by atoms with Crippen molar-refractivity contribution < 1.29 is 4.39 Å². The number of rotatable bonds is 3. The van der Waals surface area contributed by atoms with Crippen molar-refractivity contribution >= 4 is 0 Å². The zero-order chi connectivity index (χ0) is 14.1. The largest absolute Gasteiger partial charge is 0.306 e. The number of hydrogen-bond acceptors (Lipinski definition) is 2. The fourth-order valence-corrected chi connectivity index (χ4v) is 4.08. The molecule has 0 bridgehead atoms. The third-order valence-corrected chi connectivity index (χ3v) is 5.60. The molecule has 0 aromatic rings. The molecule has 2 saturated heterocycles. The smallest absolute Gasteiger partial charge is 0.129 e. The minimum atomic E-state index is -0.967. The number of nitrogens with zero attached hydrogens (tertiary/aromatic N) is 2. The maximum atomic E-state index is 15.8. The Labute approximate surface area is 118 Å². The molecule has 0 saturated carbocycles. The maximum Gasteiger partial charge on any atom is 0.129 e. The van der Waals surface area contributed by atoms with Gasteiger partial charge < -0.3 is 4.90 Å². The van der Waals surface area contributed by atoms with Crippen LogP contribution in [-0.2, 0) is 0 Å². The second-order valence-corrected chi connectivity index (χ2v) is 7.11. The van der Waals surface area contributed by atoms with Gasteiger partial charge in [-0.25, -0.2) is 4.39 Å². The number of likely N-dealkylation sites (tertiary alicyclic amines) is 2. The van der Waals surface area contributed by atoms with Gasteiger partial charge in [-0.05, 0) is 66.2 Å². The Balaban J connectivity index is 2.18. The first kappa shape index (κ1) is 15.2. The van der Waals surface area contributed by atoms with Crippen molar-refractivity contribution in [1.82, 2.24) is 9.80 Å². The van der Waals surface area contributed by atoms with Crippen molar-refractivity contribution in [3.8, 4) is 0 Å². The summed E-state index contributed by atoms with van der Waals surface area (Å²) in [5.41, 5.74) is -1.01. The van der Waals surface area contributed by atoms with E-state index < -0.39 is 5.67 Å². The normalized spacial score (nSPS) is 33.2. The summed E-state index contributed by atoms with van der Waals surface area (Å²) in [6.07, 6.45) is 4.84. The summed E-state index contributed by atoms with van der Waals surface area (Å²) in [5, 5.41) is 0. The lowest BCUT2D eigenvalue weighted by molar-refractivity contribution is -0.118. The number of piperidine rings is 2. The second-order valence-electron chi connectivity index (χ2n) is 7.11. The van der Waals surface area contributed by atoms with E-state index in [1.807, 2.05) is 0 Å². The van der Waals surface area contributed by atoms with Gasteiger partial charge in [0.25, 0.3) is 0 Å². The lowest BCUT2D eigenvalue weighted by atomic mass is 9.61. The van der Waals surface area contributed by atoms with Gasteiger partial charge in [0.05, 0.1) is 0 Å². The van der Waals surface area contributed by atoms with E-state index in [0.717, 1.165) is 51.7 Å². The third kappa shape index (κ3) is 2.82. The van der Waals surface area contributed by atoms with Crippen LogP contribution in [0.5, 0.6) is 0 Å². The standard InChI is InChI=1S/C16H31FN2/c1-5-6-16(17)13-19(14(2)3)12-9-15(16)7-10-18(4)11-8-15/h14H,5-13H2,1-4H3. The molecular weight excluding hydrogens is 239 g/mol. The van der Waals surface area contributed by atoms with Crippen LogP contribution in [0, 0.1) is 5.41 Å². The minimum Gasteiger partial charge on any atom is -0.306 e. The molecule has 2 nitrogen and oxygen atoms in total. The van der Waals surface area contributed by atoms with E-state index in [-0.39, 0.29) is 5.41 Å². The van der Waals surface area contributed by atoms with Crippen molar-refractivity contribution in [2.24, 2.45) is 5.41 Å². The fourth-order valence-electron chi connectivity index (χ4n) is 4.08. The molecule has 0 aromatic carbocycles. The minimum absolute atomic E-state index is 0.0408. The molecule has 1 unspecified atom stereocenters. The van der Waals surface area contributed by atoms with Crippen LogP contribution in [0.3, 0.4) is 0 Å². The molecule has 1 atom stereocenters. The van der Waals surface area contributed by atoms with E-state index in [1.54, 1.807) is 0 Å². The van der Waals surface area contributed by atoms with Gasteiger partial charge in [-0.2, -0.15) is 0 Å². The first-order chi connectivity index (χ1) is 8.92. The van der Waals surface area contributed by atoms with Crippen molar-refractivity contribution in [3.05, 3.63) is 0 Å².